The van der Waals surface area contributed by atoms with E-state index in [4.69, 9.17) is 4.74 Å². The Hall–Kier alpha value is -2.57. The first-order valence-corrected chi connectivity index (χ1v) is 6.32. The number of nitrogens with zero attached hydrogens (tertiary/aromatic N) is 5. The third-order valence-electron chi connectivity index (χ3n) is 3.02. The number of ether oxygens (including phenoxy) is 1. The highest BCUT2D eigenvalue weighted by Crippen LogP contribution is 2.16. The van der Waals surface area contributed by atoms with Crippen LogP contribution in [0.15, 0.2) is 37.1 Å². The zero-order valence-electron chi connectivity index (χ0n) is 10.7. The molecule has 1 saturated heterocycles. The molecular formula is C13H13N5O2. The molecule has 1 atom stereocenters. The number of aromatic nitrogens is 4. The van der Waals surface area contributed by atoms with Crippen molar-refractivity contribution < 1.29 is 9.53 Å². The summed E-state index contributed by atoms with van der Waals surface area (Å²) in [5.41, 5.74) is 0. The van der Waals surface area contributed by atoms with Gasteiger partial charge in [0.25, 0.3) is 5.91 Å². The number of rotatable bonds is 3. The van der Waals surface area contributed by atoms with Gasteiger partial charge in [-0.05, 0) is 6.07 Å². The molecule has 2 aromatic heterocycles. The molecule has 0 spiro atoms. The Morgan fingerprint density at radius 3 is 2.80 bits per heavy atom. The maximum atomic E-state index is 12.2. The summed E-state index contributed by atoms with van der Waals surface area (Å²) in [7, 11) is 0. The van der Waals surface area contributed by atoms with Gasteiger partial charge in [-0.2, -0.15) is 0 Å². The molecule has 0 radical (unpaired) electrons. The van der Waals surface area contributed by atoms with E-state index < -0.39 is 0 Å². The Morgan fingerprint density at radius 2 is 2.05 bits per heavy atom. The van der Waals surface area contributed by atoms with Crippen molar-refractivity contribution in [3.05, 3.63) is 42.9 Å². The van der Waals surface area contributed by atoms with Gasteiger partial charge in [-0.15, -0.1) is 0 Å². The maximum absolute atomic E-state index is 12.2. The molecule has 0 unspecified atom stereocenters. The second-order valence-corrected chi connectivity index (χ2v) is 4.40. The lowest BCUT2D eigenvalue weighted by Gasteiger charge is -2.15. The van der Waals surface area contributed by atoms with E-state index in [1.54, 1.807) is 42.0 Å². The fourth-order valence-electron chi connectivity index (χ4n) is 2.08. The zero-order valence-corrected chi connectivity index (χ0v) is 10.7. The minimum absolute atomic E-state index is 0.0700. The van der Waals surface area contributed by atoms with E-state index in [2.05, 4.69) is 19.9 Å². The van der Waals surface area contributed by atoms with Gasteiger partial charge in [0.15, 0.2) is 0 Å². The Balaban J connectivity index is 1.61. The maximum Gasteiger partial charge on any atom is 0.291 e. The van der Waals surface area contributed by atoms with Crippen LogP contribution in [-0.4, -0.2) is 49.9 Å². The van der Waals surface area contributed by atoms with E-state index in [-0.39, 0.29) is 17.8 Å². The van der Waals surface area contributed by atoms with Crippen LogP contribution in [0.25, 0.3) is 0 Å². The average molecular weight is 271 g/mol. The summed E-state index contributed by atoms with van der Waals surface area (Å²) in [5, 5.41) is 0. The topological polar surface area (TPSA) is 81.1 Å². The predicted octanol–water partition coefficient (Wildman–Crippen LogP) is 0.560. The number of likely N-dealkylation sites (tertiary alicyclic amines) is 1. The van der Waals surface area contributed by atoms with Crippen molar-refractivity contribution in [1.82, 2.24) is 24.8 Å². The minimum atomic E-state index is -0.171. The molecule has 1 aliphatic heterocycles. The van der Waals surface area contributed by atoms with Gasteiger partial charge in [0.2, 0.25) is 11.7 Å². The fraction of sp³-hybridized carbons (Fsp3) is 0.308. The molecule has 1 amide bonds. The zero-order chi connectivity index (χ0) is 13.8. The molecule has 0 aliphatic carbocycles. The van der Waals surface area contributed by atoms with Gasteiger partial charge in [0.1, 0.15) is 6.10 Å². The van der Waals surface area contributed by atoms with Crippen LogP contribution in [0.4, 0.5) is 0 Å². The monoisotopic (exact) mass is 271 g/mol. The molecule has 1 fully saturated rings. The molecule has 0 saturated carbocycles. The molecular weight excluding hydrogens is 258 g/mol. The van der Waals surface area contributed by atoms with Crippen molar-refractivity contribution in [2.75, 3.05) is 13.1 Å². The lowest BCUT2D eigenvalue weighted by Crippen LogP contribution is -2.32. The van der Waals surface area contributed by atoms with Gasteiger partial charge in [-0.3, -0.25) is 9.78 Å². The van der Waals surface area contributed by atoms with Gasteiger partial charge in [-0.1, -0.05) is 0 Å². The Bertz CT molecular complexity index is 578. The molecule has 102 valence electrons. The summed E-state index contributed by atoms with van der Waals surface area (Å²) in [6.07, 6.45) is 8.53. The first-order chi connectivity index (χ1) is 9.83. The highest BCUT2D eigenvalue weighted by atomic mass is 16.5. The first-order valence-electron chi connectivity index (χ1n) is 6.32. The number of hydrogen-bond donors (Lipinski definition) is 0. The van der Waals surface area contributed by atoms with Crippen LogP contribution in [0.2, 0.25) is 0 Å². The Kier molecular flexibility index (Phi) is 3.49. The van der Waals surface area contributed by atoms with Gasteiger partial charge < -0.3 is 9.64 Å². The van der Waals surface area contributed by atoms with Gasteiger partial charge in [0, 0.05) is 37.8 Å². The van der Waals surface area contributed by atoms with Crippen LogP contribution in [0.5, 0.6) is 5.88 Å². The minimum Gasteiger partial charge on any atom is -0.471 e. The van der Waals surface area contributed by atoms with Crippen LogP contribution in [-0.2, 0) is 0 Å². The van der Waals surface area contributed by atoms with Crippen LogP contribution < -0.4 is 4.74 Å². The van der Waals surface area contributed by atoms with Gasteiger partial charge in [0.05, 0.1) is 12.7 Å². The third-order valence-corrected chi connectivity index (χ3v) is 3.02. The lowest BCUT2D eigenvalue weighted by molar-refractivity contribution is 0.0759. The van der Waals surface area contributed by atoms with Crippen molar-refractivity contribution in [3.8, 4) is 5.88 Å². The number of carbonyl (C=O) groups excluding carboxylic acids is 1. The smallest absolute Gasteiger partial charge is 0.291 e. The average Bonchev–Trinajstić information content (AvgIpc) is 2.97. The Morgan fingerprint density at radius 1 is 1.20 bits per heavy atom. The Labute approximate surface area is 115 Å². The normalized spacial score (nSPS) is 18.0. The number of carbonyl (C=O) groups is 1. The SMILES string of the molecule is O=C(c1ncccn1)N1CC[C@@H](Oc2cnccn2)C1. The summed E-state index contributed by atoms with van der Waals surface area (Å²) in [6, 6.07) is 1.68. The van der Waals surface area contributed by atoms with Crippen molar-refractivity contribution in [2.45, 2.75) is 12.5 Å². The second-order valence-electron chi connectivity index (χ2n) is 4.40. The molecule has 1 aliphatic rings. The molecule has 0 N–H and O–H groups in total. The van der Waals surface area contributed by atoms with Crippen molar-refractivity contribution >= 4 is 5.91 Å². The molecule has 3 rings (SSSR count). The highest BCUT2D eigenvalue weighted by molar-refractivity contribution is 5.90. The van der Waals surface area contributed by atoms with Gasteiger partial charge >= 0.3 is 0 Å². The van der Waals surface area contributed by atoms with E-state index in [9.17, 15) is 4.79 Å². The van der Waals surface area contributed by atoms with E-state index in [1.807, 2.05) is 0 Å². The van der Waals surface area contributed by atoms with E-state index >= 15 is 0 Å². The molecule has 2 aromatic rings. The number of amides is 1. The predicted molar refractivity (Wildman–Crippen MR) is 69.0 cm³/mol. The summed E-state index contributed by atoms with van der Waals surface area (Å²) in [5.74, 6) is 0.520. The van der Waals surface area contributed by atoms with Crippen LogP contribution in [0.3, 0.4) is 0 Å². The van der Waals surface area contributed by atoms with Gasteiger partial charge in [-0.25, -0.2) is 15.0 Å². The lowest BCUT2D eigenvalue weighted by atomic mass is 10.3. The van der Waals surface area contributed by atoms with Crippen molar-refractivity contribution in [3.63, 3.8) is 0 Å². The molecule has 0 bridgehead atoms. The molecule has 20 heavy (non-hydrogen) atoms. The first kappa shape index (κ1) is 12.5. The van der Waals surface area contributed by atoms with E-state index in [1.165, 1.54) is 0 Å². The summed E-state index contributed by atoms with van der Waals surface area (Å²) >= 11 is 0. The molecule has 0 aromatic carbocycles. The van der Waals surface area contributed by atoms with Crippen molar-refractivity contribution in [1.29, 1.82) is 0 Å². The molecule has 7 heteroatoms. The van der Waals surface area contributed by atoms with Crippen LogP contribution >= 0.6 is 0 Å². The largest absolute Gasteiger partial charge is 0.471 e. The molecule has 3 heterocycles. The summed E-state index contributed by atoms with van der Waals surface area (Å²) in [6.45, 7) is 1.13. The van der Waals surface area contributed by atoms with Crippen LogP contribution in [0, 0.1) is 0 Å². The van der Waals surface area contributed by atoms with Crippen LogP contribution in [0.1, 0.15) is 17.0 Å². The van der Waals surface area contributed by atoms with Crippen molar-refractivity contribution in [2.24, 2.45) is 0 Å². The number of hydrogen-bond acceptors (Lipinski definition) is 6. The summed E-state index contributed by atoms with van der Waals surface area (Å²) < 4.78 is 5.68. The van der Waals surface area contributed by atoms with E-state index in [0.29, 0.717) is 19.0 Å². The standard InChI is InChI=1S/C13H13N5O2/c19-13(12-16-3-1-4-17-12)18-7-2-10(9-18)20-11-8-14-5-6-15-11/h1,3-6,8,10H,2,7,9H2/t10-/m1/s1. The fourth-order valence-corrected chi connectivity index (χ4v) is 2.08. The van der Waals surface area contributed by atoms with E-state index in [0.717, 1.165) is 6.42 Å². The molecule has 7 nitrogen and oxygen atoms in total. The quantitative estimate of drug-likeness (QED) is 0.811. The third kappa shape index (κ3) is 2.71. The highest BCUT2D eigenvalue weighted by Gasteiger charge is 2.29. The summed E-state index contributed by atoms with van der Waals surface area (Å²) in [4.78, 5) is 29.8. The second kappa shape index (κ2) is 5.60.